The number of piperidine rings is 1. The fourth-order valence-electron chi connectivity index (χ4n) is 1.67. The summed E-state index contributed by atoms with van der Waals surface area (Å²) in [6.07, 6.45) is 1.36. The van der Waals surface area contributed by atoms with E-state index in [4.69, 9.17) is 11.6 Å². The molecule has 0 bridgehead atoms. The largest absolute Gasteiger partial charge is 0.365 e. The lowest BCUT2D eigenvalue weighted by atomic mass is 10.1. The van der Waals surface area contributed by atoms with E-state index in [9.17, 15) is 4.79 Å². The van der Waals surface area contributed by atoms with Crippen molar-refractivity contribution in [2.24, 2.45) is 0 Å². The highest BCUT2D eigenvalue weighted by atomic mass is 35.5. The number of carbonyl (C=O) groups excluding carboxylic acids is 1. The van der Waals surface area contributed by atoms with Crippen molar-refractivity contribution >= 4 is 23.3 Å². The third-order valence-electron chi connectivity index (χ3n) is 2.42. The minimum atomic E-state index is 0.106. The predicted octanol–water partition coefficient (Wildman–Crippen LogP) is 1.13. The number of rotatable bonds is 2. The van der Waals surface area contributed by atoms with Crippen LogP contribution in [0.2, 0.25) is 5.15 Å². The lowest BCUT2D eigenvalue weighted by Gasteiger charge is -2.23. The van der Waals surface area contributed by atoms with Crippen LogP contribution in [-0.2, 0) is 4.79 Å². The van der Waals surface area contributed by atoms with Gasteiger partial charge in [-0.15, -0.1) is 0 Å². The molecule has 0 spiro atoms. The number of hydrogen-bond donors (Lipinski definition) is 2. The van der Waals surface area contributed by atoms with E-state index < -0.39 is 0 Å². The van der Waals surface area contributed by atoms with Crippen molar-refractivity contribution in [3.63, 3.8) is 0 Å². The summed E-state index contributed by atoms with van der Waals surface area (Å²) in [5, 5.41) is 6.46. The molecule has 0 aromatic carbocycles. The van der Waals surface area contributed by atoms with E-state index in [0.717, 1.165) is 6.42 Å². The number of nitrogens with one attached hydrogen (secondary N) is 2. The Kier molecular flexibility index (Phi) is 3.24. The zero-order valence-electron chi connectivity index (χ0n) is 8.96. The van der Waals surface area contributed by atoms with Gasteiger partial charge in [-0.3, -0.25) is 4.79 Å². The maximum absolute atomic E-state index is 11.0. The average molecular weight is 241 g/mol. The van der Waals surface area contributed by atoms with E-state index in [2.05, 4.69) is 20.6 Å². The van der Waals surface area contributed by atoms with Crippen molar-refractivity contribution in [1.29, 1.82) is 0 Å². The zero-order valence-corrected chi connectivity index (χ0v) is 9.71. The smallest absolute Gasteiger partial charge is 0.220 e. The number of aromatic nitrogens is 2. The van der Waals surface area contributed by atoms with Gasteiger partial charge in [-0.05, 0) is 13.3 Å². The Balaban J connectivity index is 2.00. The van der Waals surface area contributed by atoms with E-state index >= 15 is 0 Å². The number of carbonyl (C=O) groups is 1. The van der Waals surface area contributed by atoms with Gasteiger partial charge in [0, 0.05) is 25.1 Å². The normalized spacial score (nSPS) is 20.4. The minimum absolute atomic E-state index is 0.106. The van der Waals surface area contributed by atoms with Crippen molar-refractivity contribution in [3.05, 3.63) is 17.0 Å². The van der Waals surface area contributed by atoms with Crippen LogP contribution in [0.5, 0.6) is 0 Å². The van der Waals surface area contributed by atoms with Crippen LogP contribution >= 0.6 is 11.6 Å². The first kappa shape index (κ1) is 11.1. The minimum Gasteiger partial charge on any atom is -0.365 e. The predicted molar refractivity (Wildman–Crippen MR) is 61.4 cm³/mol. The lowest BCUT2D eigenvalue weighted by Crippen LogP contribution is -2.42. The van der Waals surface area contributed by atoms with E-state index in [1.165, 1.54) is 0 Å². The van der Waals surface area contributed by atoms with Gasteiger partial charge in [-0.1, -0.05) is 11.6 Å². The maximum atomic E-state index is 11.0. The summed E-state index contributed by atoms with van der Waals surface area (Å²) >= 11 is 5.83. The highest BCUT2D eigenvalue weighted by molar-refractivity contribution is 6.29. The van der Waals surface area contributed by atoms with Gasteiger partial charge in [0.25, 0.3) is 0 Å². The number of nitrogens with zero attached hydrogens (tertiary/aromatic N) is 2. The summed E-state index contributed by atoms with van der Waals surface area (Å²) in [6.45, 7) is 2.42. The number of halogens is 1. The average Bonchev–Trinajstić information content (AvgIpc) is 2.20. The Labute approximate surface area is 98.6 Å². The summed E-state index contributed by atoms with van der Waals surface area (Å²) in [5.41, 5.74) is 0. The van der Waals surface area contributed by atoms with Crippen molar-refractivity contribution in [3.8, 4) is 0 Å². The van der Waals surface area contributed by atoms with E-state index in [1.54, 1.807) is 13.0 Å². The van der Waals surface area contributed by atoms with Crippen LogP contribution < -0.4 is 10.6 Å². The molecule has 1 amide bonds. The molecule has 6 heteroatoms. The second-order valence-electron chi connectivity index (χ2n) is 3.81. The van der Waals surface area contributed by atoms with Gasteiger partial charge in [-0.25, -0.2) is 9.97 Å². The number of amides is 1. The Hall–Kier alpha value is -1.36. The first-order valence-corrected chi connectivity index (χ1v) is 5.56. The van der Waals surface area contributed by atoms with E-state index in [-0.39, 0.29) is 11.9 Å². The molecule has 1 aromatic heterocycles. The molecule has 1 aliphatic heterocycles. The monoisotopic (exact) mass is 240 g/mol. The van der Waals surface area contributed by atoms with Gasteiger partial charge < -0.3 is 10.6 Å². The summed E-state index contributed by atoms with van der Waals surface area (Å²) < 4.78 is 0. The Morgan fingerprint density at radius 2 is 2.38 bits per heavy atom. The molecular formula is C10H13ClN4O. The first-order valence-electron chi connectivity index (χ1n) is 5.18. The van der Waals surface area contributed by atoms with Gasteiger partial charge in [-0.2, -0.15) is 0 Å². The van der Waals surface area contributed by atoms with E-state index in [1.807, 2.05) is 0 Å². The van der Waals surface area contributed by atoms with Crippen LogP contribution in [0.25, 0.3) is 0 Å². The Morgan fingerprint density at radius 3 is 3.00 bits per heavy atom. The lowest BCUT2D eigenvalue weighted by molar-refractivity contribution is -0.122. The molecule has 2 N–H and O–H groups in total. The molecule has 1 saturated heterocycles. The molecule has 2 heterocycles. The summed E-state index contributed by atoms with van der Waals surface area (Å²) in [4.78, 5) is 19.2. The van der Waals surface area contributed by atoms with Gasteiger partial charge in [0.2, 0.25) is 5.91 Å². The molecule has 1 atom stereocenters. The number of anilines is 1. The summed E-state index contributed by atoms with van der Waals surface area (Å²) in [5.74, 6) is 1.45. The van der Waals surface area contributed by atoms with Crippen LogP contribution in [-0.4, -0.2) is 28.5 Å². The van der Waals surface area contributed by atoms with Crippen molar-refractivity contribution in [1.82, 2.24) is 15.3 Å². The second kappa shape index (κ2) is 4.65. The van der Waals surface area contributed by atoms with Crippen LogP contribution in [0.4, 0.5) is 5.82 Å². The van der Waals surface area contributed by atoms with Gasteiger partial charge in [0.05, 0.1) is 0 Å². The molecular weight excluding hydrogens is 228 g/mol. The third kappa shape index (κ3) is 2.82. The molecule has 5 nitrogen and oxygen atoms in total. The number of hydrogen-bond acceptors (Lipinski definition) is 4. The maximum Gasteiger partial charge on any atom is 0.220 e. The van der Waals surface area contributed by atoms with Crippen molar-refractivity contribution < 1.29 is 4.79 Å². The molecule has 1 fully saturated rings. The van der Waals surface area contributed by atoms with E-state index in [0.29, 0.717) is 29.8 Å². The molecule has 1 aliphatic rings. The Morgan fingerprint density at radius 1 is 1.56 bits per heavy atom. The zero-order chi connectivity index (χ0) is 11.5. The van der Waals surface area contributed by atoms with Crippen molar-refractivity contribution in [2.75, 3.05) is 11.9 Å². The van der Waals surface area contributed by atoms with Crippen LogP contribution in [0, 0.1) is 6.92 Å². The van der Waals surface area contributed by atoms with Gasteiger partial charge in [0.15, 0.2) is 0 Å². The fourth-order valence-corrected chi connectivity index (χ4v) is 1.90. The molecule has 0 aliphatic carbocycles. The van der Waals surface area contributed by atoms with Crippen LogP contribution in [0.3, 0.4) is 0 Å². The quantitative estimate of drug-likeness (QED) is 0.761. The number of aryl methyl sites for hydroxylation is 1. The summed E-state index contributed by atoms with van der Waals surface area (Å²) in [6, 6.07) is 1.90. The summed E-state index contributed by atoms with van der Waals surface area (Å²) in [7, 11) is 0. The first-order chi connectivity index (χ1) is 7.63. The molecule has 16 heavy (non-hydrogen) atoms. The standard InChI is InChI=1S/C10H13ClN4O/c1-6-13-8(11)4-9(14-6)15-7-2-3-10(16)12-5-7/h4,7H,2-3,5H2,1H3,(H,12,16)(H,13,14,15). The topological polar surface area (TPSA) is 66.9 Å². The Bertz CT molecular complexity index is 380. The molecule has 2 rings (SSSR count). The third-order valence-corrected chi connectivity index (χ3v) is 2.62. The van der Waals surface area contributed by atoms with Crippen LogP contribution in [0.1, 0.15) is 18.7 Å². The second-order valence-corrected chi connectivity index (χ2v) is 4.19. The van der Waals surface area contributed by atoms with Crippen LogP contribution in [0.15, 0.2) is 6.07 Å². The van der Waals surface area contributed by atoms with Gasteiger partial charge >= 0.3 is 0 Å². The fraction of sp³-hybridized carbons (Fsp3) is 0.500. The highest BCUT2D eigenvalue weighted by Crippen LogP contribution is 2.14. The van der Waals surface area contributed by atoms with Crippen molar-refractivity contribution in [2.45, 2.75) is 25.8 Å². The molecule has 86 valence electrons. The van der Waals surface area contributed by atoms with Gasteiger partial charge in [0.1, 0.15) is 16.8 Å². The molecule has 1 aromatic rings. The molecule has 0 radical (unpaired) electrons. The highest BCUT2D eigenvalue weighted by Gasteiger charge is 2.18. The SMILES string of the molecule is Cc1nc(Cl)cc(NC2CCC(=O)NC2)n1. The molecule has 0 saturated carbocycles. The molecule has 1 unspecified atom stereocenters.